The Morgan fingerprint density at radius 2 is 1.92 bits per heavy atom. The summed E-state index contributed by atoms with van der Waals surface area (Å²) in [6.07, 6.45) is 7.90. The van der Waals surface area contributed by atoms with E-state index in [4.69, 9.17) is 4.74 Å². The number of carbonyl (C=O) groups is 2. The smallest absolute Gasteiger partial charge is 0.337 e. The largest absolute Gasteiger partial charge is 0.465 e. The molecule has 0 aliphatic heterocycles. The van der Waals surface area contributed by atoms with Crippen molar-refractivity contribution in [3.05, 3.63) is 84.1 Å². The molecule has 7 heteroatoms. The van der Waals surface area contributed by atoms with Crippen LogP contribution in [0.25, 0.3) is 16.7 Å². The highest BCUT2D eigenvalue weighted by molar-refractivity contribution is 5.97. The van der Waals surface area contributed by atoms with E-state index in [2.05, 4.69) is 36.1 Å². The topological polar surface area (TPSA) is 84.7 Å². The molecule has 188 valence electrons. The minimum Gasteiger partial charge on any atom is -0.465 e. The van der Waals surface area contributed by atoms with Crippen LogP contribution in [-0.4, -0.2) is 42.9 Å². The Bertz CT molecular complexity index is 1280. The number of methoxy groups -OCH3 is 1. The van der Waals surface area contributed by atoms with Gasteiger partial charge in [-0.1, -0.05) is 38.6 Å². The molecule has 0 spiro atoms. The van der Waals surface area contributed by atoms with Crippen LogP contribution in [0.2, 0.25) is 0 Å². The fourth-order valence-corrected chi connectivity index (χ4v) is 3.94. The van der Waals surface area contributed by atoms with Crippen LogP contribution in [-0.2, 0) is 16.0 Å². The van der Waals surface area contributed by atoms with Gasteiger partial charge in [0.2, 0.25) is 5.91 Å². The molecule has 2 N–H and O–H groups in total. The number of esters is 1. The number of fused-ring (bicyclic) bond motifs is 1. The highest BCUT2D eigenvalue weighted by Crippen LogP contribution is 2.27. The summed E-state index contributed by atoms with van der Waals surface area (Å²) in [5, 5.41) is 7.06. The van der Waals surface area contributed by atoms with E-state index in [1.54, 1.807) is 18.4 Å². The SMILES string of the molecule is C=C/C=C(\N=C/C)n1cc(CCNCC(=O)Nc2ccc(C(C)C)cc2)c2cc(C(=O)OC)ccc21. The third-order valence-electron chi connectivity index (χ3n) is 5.80. The minimum atomic E-state index is -0.389. The molecular formula is C29H34N4O3. The van der Waals surface area contributed by atoms with Gasteiger partial charge in [-0.3, -0.25) is 4.79 Å². The fourth-order valence-electron chi connectivity index (χ4n) is 3.94. The number of nitrogens with zero attached hydrogens (tertiary/aromatic N) is 2. The van der Waals surface area contributed by atoms with Crippen LogP contribution in [0, 0.1) is 0 Å². The molecule has 1 amide bonds. The number of carbonyl (C=O) groups excluding carboxylic acids is 2. The van der Waals surface area contributed by atoms with Crippen molar-refractivity contribution in [2.45, 2.75) is 33.1 Å². The minimum absolute atomic E-state index is 0.101. The molecule has 36 heavy (non-hydrogen) atoms. The molecule has 0 radical (unpaired) electrons. The summed E-state index contributed by atoms with van der Waals surface area (Å²) in [5.41, 5.74) is 4.43. The van der Waals surface area contributed by atoms with E-state index in [9.17, 15) is 9.59 Å². The molecule has 0 atom stereocenters. The van der Waals surface area contributed by atoms with Gasteiger partial charge in [0, 0.05) is 23.5 Å². The van der Waals surface area contributed by atoms with Crippen LogP contribution in [0.5, 0.6) is 0 Å². The zero-order chi connectivity index (χ0) is 26.1. The van der Waals surface area contributed by atoms with E-state index in [1.165, 1.54) is 12.7 Å². The standard InChI is InChI=1S/C29H34N4O3/c1-6-8-27(31-7-2)33-19-23(25-17-22(29(35)36-5)11-14-26(25)33)15-16-30-18-28(34)32-24-12-9-21(10-13-24)20(3)4/h6-14,17,19-20,30H,1,15-16,18H2,2-5H3,(H,32,34)/b27-8+,31-7-. The molecule has 0 aliphatic rings. The van der Waals surface area contributed by atoms with E-state index < -0.39 is 0 Å². The number of aliphatic imine (C=N–C) groups is 1. The normalized spacial score (nSPS) is 11.9. The molecule has 0 bridgehead atoms. The second-order valence-electron chi connectivity index (χ2n) is 8.65. The number of hydrogen-bond acceptors (Lipinski definition) is 5. The first-order chi connectivity index (χ1) is 17.4. The Hall–Kier alpha value is -3.97. The molecule has 2 aromatic carbocycles. The molecule has 3 rings (SSSR count). The molecule has 7 nitrogen and oxygen atoms in total. The summed E-state index contributed by atoms with van der Waals surface area (Å²) in [6.45, 7) is 10.7. The third-order valence-corrected chi connectivity index (χ3v) is 5.80. The van der Waals surface area contributed by atoms with Crippen LogP contribution in [0.3, 0.4) is 0 Å². The Morgan fingerprint density at radius 3 is 2.56 bits per heavy atom. The monoisotopic (exact) mass is 486 g/mol. The maximum Gasteiger partial charge on any atom is 0.337 e. The zero-order valence-electron chi connectivity index (χ0n) is 21.4. The highest BCUT2D eigenvalue weighted by atomic mass is 16.5. The maximum absolute atomic E-state index is 12.4. The first-order valence-corrected chi connectivity index (χ1v) is 12.0. The van der Waals surface area contributed by atoms with E-state index >= 15 is 0 Å². The number of amides is 1. The van der Waals surface area contributed by atoms with Crippen molar-refractivity contribution >= 4 is 40.5 Å². The summed E-state index contributed by atoms with van der Waals surface area (Å²) in [6, 6.07) is 13.4. The molecule has 0 saturated heterocycles. The Morgan fingerprint density at radius 1 is 1.17 bits per heavy atom. The molecule has 3 aromatic rings. The summed E-state index contributed by atoms with van der Waals surface area (Å²) in [4.78, 5) is 29.0. The van der Waals surface area contributed by atoms with E-state index in [-0.39, 0.29) is 18.4 Å². The van der Waals surface area contributed by atoms with E-state index in [1.807, 2.05) is 60.2 Å². The van der Waals surface area contributed by atoms with E-state index in [0.717, 1.165) is 22.2 Å². The van der Waals surface area contributed by atoms with Crippen LogP contribution in [0.4, 0.5) is 5.69 Å². The number of rotatable bonds is 11. The quantitative estimate of drug-likeness (QED) is 0.165. The zero-order valence-corrected chi connectivity index (χ0v) is 21.4. The van der Waals surface area contributed by atoms with Gasteiger partial charge in [0.05, 0.1) is 24.7 Å². The van der Waals surface area contributed by atoms with Crippen LogP contribution >= 0.6 is 0 Å². The average molecular weight is 487 g/mol. The average Bonchev–Trinajstić information content (AvgIpc) is 3.24. The molecule has 1 aromatic heterocycles. The lowest BCUT2D eigenvalue weighted by Gasteiger charge is -2.09. The van der Waals surface area contributed by atoms with Crippen molar-refractivity contribution in [2.75, 3.05) is 25.5 Å². The third kappa shape index (κ3) is 6.58. The van der Waals surface area contributed by atoms with Gasteiger partial charge >= 0.3 is 5.97 Å². The summed E-state index contributed by atoms with van der Waals surface area (Å²) in [5.74, 6) is 0.671. The maximum atomic E-state index is 12.4. The Kier molecular flexibility index (Phi) is 9.36. The van der Waals surface area contributed by atoms with E-state index in [0.29, 0.717) is 30.3 Å². The van der Waals surface area contributed by atoms with Crippen molar-refractivity contribution in [3.63, 3.8) is 0 Å². The number of benzene rings is 2. The van der Waals surface area contributed by atoms with Crippen molar-refractivity contribution in [2.24, 2.45) is 4.99 Å². The highest BCUT2D eigenvalue weighted by Gasteiger charge is 2.14. The molecule has 0 unspecified atom stereocenters. The molecule has 0 saturated carbocycles. The summed E-state index contributed by atoms with van der Waals surface area (Å²) in [7, 11) is 1.37. The molecule has 0 aliphatic carbocycles. The number of aromatic nitrogens is 1. The first kappa shape index (κ1) is 26.6. The second kappa shape index (κ2) is 12.7. The van der Waals surface area contributed by atoms with Crippen molar-refractivity contribution in [3.8, 4) is 0 Å². The first-order valence-electron chi connectivity index (χ1n) is 12.0. The lowest BCUT2D eigenvalue weighted by atomic mass is 10.0. The number of hydrogen-bond donors (Lipinski definition) is 2. The number of allylic oxidation sites excluding steroid dienone is 2. The second-order valence-corrected chi connectivity index (χ2v) is 8.65. The van der Waals surface area contributed by atoms with Crippen molar-refractivity contribution in [1.29, 1.82) is 0 Å². The lowest BCUT2D eigenvalue weighted by Crippen LogP contribution is -2.29. The predicted octanol–water partition coefficient (Wildman–Crippen LogP) is 5.40. The van der Waals surface area contributed by atoms with Gasteiger partial charge in [0.15, 0.2) is 0 Å². The summed E-state index contributed by atoms with van der Waals surface area (Å²) >= 11 is 0. The van der Waals surface area contributed by atoms with Crippen LogP contribution < -0.4 is 10.6 Å². The van der Waals surface area contributed by atoms with Crippen molar-refractivity contribution in [1.82, 2.24) is 9.88 Å². The Labute approximate surface area is 212 Å². The number of ether oxygens (including phenoxy) is 1. The van der Waals surface area contributed by atoms with Gasteiger partial charge in [-0.05, 0) is 73.3 Å². The van der Waals surface area contributed by atoms with Gasteiger partial charge in [-0.15, -0.1) is 0 Å². The molecular weight excluding hydrogens is 452 g/mol. The molecule has 1 heterocycles. The van der Waals surface area contributed by atoms with Gasteiger partial charge in [-0.25, -0.2) is 9.79 Å². The fraction of sp³-hybridized carbons (Fsp3) is 0.276. The van der Waals surface area contributed by atoms with Gasteiger partial charge in [0.1, 0.15) is 5.82 Å². The van der Waals surface area contributed by atoms with Gasteiger partial charge in [0.25, 0.3) is 0 Å². The van der Waals surface area contributed by atoms with Gasteiger partial charge in [-0.2, -0.15) is 0 Å². The van der Waals surface area contributed by atoms with Crippen LogP contribution in [0.1, 0.15) is 48.2 Å². The number of nitrogens with one attached hydrogen (secondary N) is 2. The Balaban J connectivity index is 1.72. The van der Waals surface area contributed by atoms with Gasteiger partial charge < -0.3 is 19.9 Å². The summed E-state index contributed by atoms with van der Waals surface area (Å²) < 4.78 is 6.87. The number of anilines is 1. The predicted molar refractivity (Wildman–Crippen MR) is 148 cm³/mol. The lowest BCUT2D eigenvalue weighted by molar-refractivity contribution is -0.115. The van der Waals surface area contributed by atoms with Crippen LogP contribution in [0.15, 0.2) is 72.4 Å². The van der Waals surface area contributed by atoms with Crippen molar-refractivity contribution < 1.29 is 14.3 Å². The molecule has 0 fully saturated rings.